The Bertz CT molecular complexity index is 380. The molecule has 2 rings (SSSR count). The number of methoxy groups -OCH3 is 1. The summed E-state index contributed by atoms with van der Waals surface area (Å²) in [7, 11) is 1.72. The molecule has 1 saturated heterocycles. The number of nitrogens with two attached hydrogens (primary N) is 1. The number of hydrogen-bond donors (Lipinski definition) is 1. The molecule has 1 amide bonds. The van der Waals surface area contributed by atoms with Gasteiger partial charge in [-0.25, -0.2) is 0 Å². The Kier molecular flexibility index (Phi) is 4.16. The summed E-state index contributed by atoms with van der Waals surface area (Å²) in [5.41, 5.74) is 5.08. The molecule has 19 heavy (non-hydrogen) atoms. The molecule has 1 heterocycles. The van der Waals surface area contributed by atoms with Gasteiger partial charge in [-0.2, -0.15) is 0 Å². The maximum absolute atomic E-state index is 12.9. The van der Waals surface area contributed by atoms with E-state index in [1.807, 2.05) is 4.90 Å². The zero-order valence-corrected chi connectivity index (χ0v) is 12.7. The van der Waals surface area contributed by atoms with Crippen molar-refractivity contribution >= 4 is 23.1 Å². The lowest BCUT2D eigenvalue weighted by Crippen LogP contribution is -2.56. The minimum Gasteiger partial charge on any atom is -0.392 e. The van der Waals surface area contributed by atoms with Crippen molar-refractivity contribution in [2.24, 2.45) is 11.1 Å². The van der Waals surface area contributed by atoms with Gasteiger partial charge in [0.25, 0.3) is 0 Å². The Balaban J connectivity index is 2.16. The summed E-state index contributed by atoms with van der Waals surface area (Å²) in [5.74, 6) is 0.125. The van der Waals surface area contributed by atoms with Crippen LogP contribution < -0.4 is 5.73 Å². The molecular weight excluding hydrogens is 260 g/mol. The first-order valence-electron chi connectivity index (χ1n) is 7.08. The van der Waals surface area contributed by atoms with Crippen LogP contribution in [-0.4, -0.2) is 41.6 Å². The Morgan fingerprint density at radius 1 is 1.26 bits per heavy atom. The van der Waals surface area contributed by atoms with Crippen LogP contribution in [0.4, 0.5) is 0 Å². The zero-order valence-electron chi connectivity index (χ0n) is 11.9. The fourth-order valence-corrected chi connectivity index (χ4v) is 3.68. The van der Waals surface area contributed by atoms with Gasteiger partial charge in [0.05, 0.1) is 16.0 Å². The topological polar surface area (TPSA) is 55.6 Å². The van der Waals surface area contributed by atoms with Crippen molar-refractivity contribution in [3.63, 3.8) is 0 Å². The molecule has 0 radical (unpaired) electrons. The van der Waals surface area contributed by atoms with E-state index in [0.717, 1.165) is 45.1 Å². The summed E-state index contributed by atoms with van der Waals surface area (Å²) in [6.07, 6.45) is 5.66. The maximum Gasteiger partial charge on any atom is 0.235 e. The van der Waals surface area contributed by atoms with Crippen molar-refractivity contribution in [1.82, 2.24) is 4.90 Å². The van der Waals surface area contributed by atoms with Gasteiger partial charge >= 0.3 is 0 Å². The zero-order chi connectivity index (χ0) is 14.1. The number of likely N-dealkylation sites (tertiary alicyclic amines) is 1. The van der Waals surface area contributed by atoms with Gasteiger partial charge in [-0.3, -0.25) is 4.79 Å². The van der Waals surface area contributed by atoms with E-state index in [2.05, 4.69) is 6.92 Å². The Labute approximate surface area is 120 Å². The summed E-state index contributed by atoms with van der Waals surface area (Å²) in [6.45, 7) is 3.50. The molecule has 0 aromatic heterocycles. The van der Waals surface area contributed by atoms with Crippen LogP contribution in [0.1, 0.15) is 45.4 Å². The fourth-order valence-electron chi connectivity index (χ4n) is 3.39. The van der Waals surface area contributed by atoms with E-state index in [4.69, 9.17) is 22.7 Å². The van der Waals surface area contributed by atoms with Crippen molar-refractivity contribution in [2.45, 2.75) is 51.0 Å². The number of amides is 1. The summed E-state index contributed by atoms with van der Waals surface area (Å²) in [5, 5.41) is 0. The van der Waals surface area contributed by atoms with Crippen molar-refractivity contribution in [2.75, 3.05) is 20.2 Å². The van der Waals surface area contributed by atoms with E-state index in [1.165, 1.54) is 0 Å². The number of thiocarbonyl (C=S) groups is 1. The van der Waals surface area contributed by atoms with Crippen LogP contribution in [0, 0.1) is 5.41 Å². The van der Waals surface area contributed by atoms with E-state index >= 15 is 0 Å². The quantitative estimate of drug-likeness (QED) is 0.804. The first-order chi connectivity index (χ1) is 8.93. The summed E-state index contributed by atoms with van der Waals surface area (Å²) >= 11 is 5.20. The Morgan fingerprint density at radius 2 is 1.89 bits per heavy atom. The monoisotopic (exact) mass is 284 g/mol. The number of carbonyl (C=O) groups excluding carboxylic acids is 1. The van der Waals surface area contributed by atoms with Gasteiger partial charge in [-0.05, 0) is 32.6 Å². The molecule has 5 heteroatoms. The molecule has 108 valence electrons. The molecule has 0 spiro atoms. The van der Waals surface area contributed by atoms with Gasteiger partial charge < -0.3 is 15.4 Å². The Hall–Kier alpha value is -0.680. The first-order valence-corrected chi connectivity index (χ1v) is 7.49. The van der Waals surface area contributed by atoms with Gasteiger partial charge in [-0.15, -0.1) is 0 Å². The molecule has 1 saturated carbocycles. The summed E-state index contributed by atoms with van der Waals surface area (Å²) in [4.78, 5) is 15.2. The summed E-state index contributed by atoms with van der Waals surface area (Å²) < 4.78 is 5.56. The Morgan fingerprint density at radius 3 is 2.42 bits per heavy atom. The normalized spacial score (nSPS) is 30.3. The number of piperidine rings is 1. The third-order valence-corrected chi connectivity index (χ3v) is 5.17. The lowest BCUT2D eigenvalue weighted by molar-refractivity contribution is -0.146. The van der Waals surface area contributed by atoms with Crippen molar-refractivity contribution in [1.29, 1.82) is 0 Å². The van der Waals surface area contributed by atoms with Crippen LogP contribution in [0.2, 0.25) is 0 Å². The SMILES string of the molecule is COC1(C)CCCN(C(=O)C2(C(N)=S)CCCC2)C1. The van der Waals surface area contributed by atoms with Crippen LogP contribution >= 0.6 is 12.2 Å². The number of nitrogens with zero attached hydrogens (tertiary/aromatic N) is 1. The average molecular weight is 284 g/mol. The second-order valence-electron chi connectivity index (χ2n) is 6.14. The number of carbonyl (C=O) groups is 1. The average Bonchev–Trinajstić information content (AvgIpc) is 2.88. The molecule has 1 atom stereocenters. The van der Waals surface area contributed by atoms with Gasteiger partial charge in [0, 0.05) is 20.2 Å². The van der Waals surface area contributed by atoms with Crippen LogP contribution in [-0.2, 0) is 9.53 Å². The standard InChI is InChI=1S/C14H24N2O2S/c1-13(18-2)6-5-9-16(10-13)12(17)14(11(15)19)7-3-4-8-14/h3-10H2,1-2H3,(H2,15,19). The van der Waals surface area contributed by atoms with Crippen LogP contribution in [0.15, 0.2) is 0 Å². The minimum absolute atomic E-state index is 0.125. The highest BCUT2D eigenvalue weighted by molar-refractivity contribution is 7.80. The van der Waals surface area contributed by atoms with E-state index in [-0.39, 0.29) is 11.5 Å². The highest BCUT2D eigenvalue weighted by atomic mass is 32.1. The van der Waals surface area contributed by atoms with Gasteiger partial charge in [0.2, 0.25) is 5.91 Å². The van der Waals surface area contributed by atoms with E-state index < -0.39 is 5.41 Å². The van der Waals surface area contributed by atoms with Gasteiger partial charge in [-0.1, -0.05) is 25.1 Å². The highest BCUT2D eigenvalue weighted by Crippen LogP contribution is 2.41. The lowest BCUT2D eigenvalue weighted by atomic mass is 9.83. The molecule has 2 aliphatic rings. The second-order valence-corrected chi connectivity index (χ2v) is 6.58. The number of hydrogen-bond acceptors (Lipinski definition) is 3. The van der Waals surface area contributed by atoms with E-state index in [1.54, 1.807) is 7.11 Å². The minimum atomic E-state index is -0.582. The molecule has 2 fully saturated rings. The van der Waals surface area contributed by atoms with Crippen molar-refractivity contribution in [3.8, 4) is 0 Å². The largest absolute Gasteiger partial charge is 0.392 e. The number of ether oxygens (including phenoxy) is 1. The molecule has 2 N–H and O–H groups in total. The molecule has 1 aliphatic carbocycles. The predicted octanol–water partition coefficient (Wildman–Crippen LogP) is 1.86. The molecule has 0 aromatic rings. The van der Waals surface area contributed by atoms with Gasteiger partial charge in [0.1, 0.15) is 0 Å². The number of rotatable bonds is 3. The molecule has 4 nitrogen and oxygen atoms in total. The molecule has 1 unspecified atom stereocenters. The molecule has 1 aliphatic heterocycles. The van der Waals surface area contributed by atoms with Crippen molar-refractivity contribution < 1.29 is 9.53 Å². The fraction of sp³-hybridized carbons (Fsp3) is 0.857. The summed E-state index contributed by atoms with van der Waals surface area (Å²) in [6, 6.07) is 0. The third-order valence-electron chi connectivity index (χ3n) is 4.78. The van der Waals surface area contributed by atoms with Crippen molar-refractivity contribution in [3.05, 3.63) is 0 Å². The van der Waals surface area contributed by atoms with Crippen LogP contribution in [0.25, 0.3) is 0 Å². The smallest absolute Gasteiger partial charge is 0.235 e. The van der Waals surface area contributed by atoms with Crippen LogP contribution in [0.5, 0.6) is 0 Å². The maximum atomic E-state index is 12.9. The van der Waals surface area contributed by atoms with Crippen LogP contribution in [0.3, 0.4) is 0 Å². The second kappa shape index (κ2) is 5.37. The molecule has 0 bridgehead atoms. The third kappa shape index (κ3) is 2.63. The first kappa shape index (κ1) is 14.7. The lowest BCUT2D eigenvalue weighted by Gasteiger charge is -2.42. The molecular formula is C14H24N2O2S. The molecule has 0 aromatic carbocycles. The van der Waals surface area contributed by atoms with E-state index in [0.29, 0.717) is 11.5 Å². The predicted molar refractivity (Wildman–Crippen MR) is 78.9 cm³/mol. The van der Waals surface area contributed by atoms with E-state index in [9.17, 15) is 4.79 Å². The van der Waals surface area contributed by atoms with Gasteiger partial charge in [0.15, 0.2) is 0 Å². The highest BCUT2D eigenvalue weighted by Gasteiger charge is 2.47.